The summed E-state index contributed by atoms with van der Waals surface area (Å²) in [5.74, 6) is 1.24. The van der Waals surface area contributed by atoms with Gasteiger partial charge in [0.1, 0.15) is 0 Å². The molecule has 1 amide bonds. The monoisotopic (exact) mass is 345 g/mol. The first-order valence-corrected chi connectivity index (χ1v) is 9.11. The van der Waals surface area contributed by atoms with Gasteiger partial charge in [0.2, 0.25) is 0 Å². The number of hydrogen-bond donors (Lipinski definition) is 1. The first-order chi connectivity index (χ1) is 11.7. The van der Waals surface area contributed by atoms with Crippen LogP contribution in [0.3, 0.4) is 0 Å². The van der Waals surface area contributed by atoms with Crippen molar-refractivity contribution in [3.63, 3.8) is 0 Å². The molecule has 2 aliphatic carbocycles. The number of nitrogens with zero attached hydrogens (tertiary/aromatic N) is 2. The smallest absolute Gasteiger partial charge is 0.257 e. The zero-order valence-electron chi connectivity index (χ0n) is 13.4. The summed E-state index contributed by atoms with van der Waals surface area (Å²) in [4.78, 5) is 15.2. The predicted octanol–water partition coefficient (Wildman–Crippen LogP) is 3.25. The van der Waals surface area contributed by atoms with Crippen molar-refractivity contribution < 1.29 is 9.53 Å². The van der Waals surface area contributed by atoms with E-state index in [1.54, 1.807) is 12.3 Å². The Labute approximate surface area is 145 Å². The fourth-order valence-electron chi connectivity index (χ4n) is 4.27. The highest BCUT2D eigenvalue weighted by atomic mass is 35.5. The molecule has 24 heavy (non-hydrogen) atoms. The third kappa shape index (κ3) is 2.18. The highest BCUT2D eigenvalue weighted by Gasteiger charge is 2.57. The summed E-state index contributed by atoms with van der Waals surface area (Å²) in [7, 11) is 0. The first-order valence-electron chi connectivity index (χ1n) is 8.74. The molecular weight excluding hydrogens is 326 g/mol. The van der Waals surface area contributed by atoms with Gasteiger partial charge in [0, 0.05) is 11.9 Å². The SMILES string of the molecule is O=C(c1c(Cl)ccc2cn[nH]c12)N1CCOC(C2CC2)(C2CC2)C1. The standard InChI is InChI=1S/C18H20ClN3O2/c19-14-6-1-11-9-20-21-16(11)15(14)17(23)22-7-8-24-18(10-22,12-2-3-12)13-4-5-13/h1,6,9,12-13H,2-5,7-8,10H2,(H,20,21). The van der Waals surface area contributed by atoms with Gasteiger partial charge in [0.25, 0.3) is 5.91 Å². The summed E-state index contributed by atoms with van der Waals surface area (Å²) in [5.41, 5.74) is 1.15. The van der Waals surface area contributed by atoms with Gasteiger partial charge in [-0.3, -0.25) is 9.89 Å². The molecule has 0 atom stereocenters. The molecule has 3 aliphatic rings. The van der Waals surface area contributed by atoms with E-state index in [4.69, 9.17) is 16.3 Å². The molecule has 2 heterocycles. The average Bonchev–Trinajstić information content (AvgIpc) is 3.51. The number of benzene rings is 1. The topological polar surface area (TPSA) is 58.2 Å². The third-order valence-corrected chi connectivity index (χ3v) is 6.09. The molecule has 1 N–H and O–H groups in total. The lowest BCUT2D eigenvalue weighted by Crippen LogP contribution is -2.56. The molecule has 2 aromatic rings. The van der Waals surface area contributed by atoms with E-state index in [1.807, 2.05) is 11.0 Å². The largest absolute Gasteiger partial charge is 0.371 e. The number of amides is 1. The van der Waals surface area contributed by atoms with Crippen molar-refractivity contribution in [3.8, 4) is 0 Å². The molecule has 1 aliphatic heterocycles. The van der Waals surface area contributed by atoms with Gasteiger partial charge in [-0.05, 0) is 49.7 Å². The normalized spacial score (nSPS) is 23.6. The lowest BCUT2D eigenvalue weighted by atomic mass is 9.89. The Hall–Kier alpha value is -1.59. The molecule has 0 radical (unpaired) electrons. The number of ether oxygens (including phenoxy) is 1. The first kappa shape index (κ1) is 14.7. The molecule has 3 fully saturated rings. The predicted molar refractivity (Wildman–Crippen MR) is 91.1 cm³/mol. The summed E-state index contributed by atoms with van der Waals surface area (Å²) in [6.07, 6.45) is 6.65. The molecule has 0 unspecified atom stereocenters. The van der Waals surface area contributed by atoms with Gasteiger partial charge in [-0.2, -0.15) is 5.10 Å². The second kappa shape index (κ2) is 5.20. The summed E-state index contributed by atoms with van der Waals surface area (Å²) in [5, 5.41) is 8.37. The third-order valence-electron chi connectivity index (χ3n) is 5.77. The maximum Gasteiger partial charge on any atom is 0.257 e. The molecule has 0 spiro atoms. The van der Waals surface area contributed by atoms with Gasteiger partial charge in [-0.25, -0.2) is 0 Å². The van der Waals surface area contributed by atoms with Crippen LogP contribution < -0.4 is 0 Å². The number of H-pyrrole nitrogens is 1. The van der Waals surface area contributed by atoms with Gasteiger partial charge in [-0.15, -0.1) is 0 Å². The van der Waals surface area contributed by atoms with E-state index in [2.05, 4.69) is 10.2 Å². The number of aromatic amines is 1. The van der Waals surface area contributed by atoms with Crippen LogP contribution in [0.15, 0.2) is 18.3 Å². The van der Waals surface area contributed by atoms with Crippen LogP contribution in [0.25, 0.3) is 10.9 Å². The highest BCUT2D eigenvalue weighted by molar-refractivity contribution is 6.35. The van der Waals surface area contributed by atoms with Gasteiger partial charge >= 0.3 is 0 Å². The van der Waals surface area contributed by atoms with Crippen molar-refractivity contribution in [1.29, 1.82) is 0 Å². The van der Waals surface area contributed by atoms with Crippen LogP contribution in [0.2, 0.25) is 5.02 Å². The van der Waals surface area contributed by atoms with Crippen molar-refractivity contribution in [2.24, 2.45) is 11.8 Å². The summed E-state index contributed by atoms with van der Waals surface area (Å²) in [6.45, 7) is 1.94. The number of fused-ring (bicyclic) bond motifs is 1. The number of halogens is 1. The Kier molecular flexibility index (Phi) is 3.19. The Bertz CT molecular complexity index is 798. The number of morpholine rings is 1. The molecule has 6 heteroatoms. The van der Waals surface area contributed by atoms with Crippen molar-refractivity contribution in [2.45, 2.75) is 31.3 Å². The van der Waals surface area contributed by atoms with Crippen LogP contribution >= 0.6 is 11.6 Å². The number of carbonyl (C=O) groups excluding carboxylic acids is 1. The fraction of sp³-hybridized carbons (Fsp3) is 0.556. The average molecular weight is 346 g/mol. The van der Waals surface area contributed by atoms with Crippen molar-refractivity contribution in [3.05, 3.63) is 28.9 Å². The van der Waals surface area contributed by atoms with E-state index < -0.39 is 0 Å². The maximum atomic E-state index is 13.2. The van der Waals surface area contributed by atoms with Crippen molar-refractivity contribution >= 4 is 28.4 Å². The number of hydrogen-bond acceptors (Lipinski definition) is 3. The number of carbonyl (C=O) groups is 1. The lowest BCUT2D eigenvalue weighted by Gasteiger charge is -2.44. The second-order valence-corrected chi connectivity index (χ2v) is 7.74. The van der Waals surface area contributed by atoms with Gasteiger partial charge < -0.3 is 9.64 Å². The van der Waals surface area contributed by atoms with Gasteiger partial charge in [-0.1, -0.05) is 11.6 Å². The van der Waals surface area contributed by atoms with Crippen LogP contribution in [-0.4, -0.2) is 46.3 Å². The second-order valence-electron chi connectivity index (χ2n) is 7.34. The molecule has 1 saturated heterocycles. The van der Waals surface area contributed by atoms with E-state index >= 15 is 0 Å². The number of aromatic nitrogens is 2. The minimum atomic E-state index is -0.109. The number of nitrogens with one attached hydrogen (secondary N) is 1. The molecule has 0 bridgehead atoms. The summed E-state index contributed by atoms with van der Waals surface area (Å²) < 4.78 is 6.29. The van der Waals surface area contributed by atoms with Crippen LogP contribution in [0, 0.1) is 11.8 Å². The summed E-state index contributed by atoms with van der Waals surface area (Å²) >= 11 is 6.37. The van der Waals surface area contributed by atoms with Gasteiger partial charge in [0.05, 0.1) is 41.1 Å². The molecule has 1 aromatic carbocycles. The van der Waals surface area contributed by atoms with Crippen LogP contribution in [0.4, 0.5) is 0 Å². The van der Waals surface area contributed by atoms with Crippen molar-refractivity contribution in [1.82, 2.24) is 15.1 Å². The zero-order chi connectivity index (χ0) is 16.3. The Balaban J connectivity index is 1.50. The minimum Gasteiger partial charge on any atom is -0.371 e. The summed E-state index contributed by atoms with van der Waals surface area (Å²) in [6, 6.07) is 3.66. The number of rotatable bonds is 3. The van der Waals surface area contributed by atoms with E-state index in [0.29, 0.717) is 42.1 Å². The Morgan fingerprint density at radius 2 is 2.04 bits per heavy atom. The maximum absolute atomic E-state index is 13.2. The molecule has 1 aromatic heterocycles. The van der Waals surface area contributed by atoms with Crippen molar-refractivity contribution in [2.75, 3.05) is 19.7 Å². The quantitative estimate of drug-likeness (QED) is 0.929. The zero-order valence-corrected chi connectivity index (χ0v) is 14.2. The highest BCUT2D eigenvalue weighted by Crippen LogP contribution is 2.55. The molecule has 5 rings (SSSR count). The molecule has 5 nitrogen and oxygen atoms in total. The van der Waals surface area contributed by atoms with E-state index in [9.17, 15) is 4.79 Å². The van der Waals surface area contributed by atoms with E-state index in [0.717, 1.165) is 10.9 Å². The molecule has 126 valence electrons. The van der Waals surface area contributed by atoms with E-state index in [1.165, 1.54) is 25.7 Å². The van der Waals surface area contributed by atoms with Crippen LogP contribution in [0.1, 0.15) is 36.0 Å². The van der Waals surface area contributed by atoms with Gasteiger partial charge in [0.15, 0.2) is 0 Å². The minimum absolute atomic E-state index is 0.0103. The lowest BCUT2D eigenvalue weighted by molar-refractivity contribution is -0.126. The van der Waals surface area contributed by atoms with Crippen LogP contribution in [0.5, 0.6) is 0 Å². The Morgan fingerprint density at radius 1 is 1.29 bits per heavy atom. The molecule has 2 saturated carbocycles. The fourth-order valence-corrected chi connectivity index (χ4v) is 4.51. The van der Waals surface area contributed by atoms with E-state index in [-0.39, 0.29) is 11.5 Å². The molecular formula is C18H20ClN3O2. The Morgan fingerprint density at radius 3 is 2.75 bits per heavy atom. The van der Waals surface area contributed by atoms with Crippen LogP contribution in [-0.2, 0) is 4.74 Å².